The third kappa shape index (κ3) is 2.47. The number of aromatic nitrogens is 1. The second-order valence-corrected chi connectivity index (χ2v) is 3.00. The highest BCUT2D eigenvalue weighted by atomic mass is 19.1. The zero-order chi connectivity index (χ0) is 11.4. The van der Waals surface area contributed by atoms with E-state index < -0.39 is 11.9 Å². The van der Waals surface area contributed by atoms with Crippen LogP contribution in [-0.2, 0) is 14.3 Å². The van der Waals surface area contributed by atoms with Crippen LogP contribution in [0, 0.1) is 5.95 Å². The molecule has 2 heterocycles. The van der Waals surface area contributed by atoms with Crippen molar-refractivity contribution in [3.8, 4) is 0 Å². The molecule has 1 aliphatic heterocycles. The number of nitrogens with one attached hydrogen (secondary N) is 1. The number of hydrogen-bond donors (Lipinski definition) is 1. The predicted molar refractivity (Wildman–Crippen MR) is 52.8 cm³/mol. The molecule has 1 aliphatic rings. The minimum atomic E-state index is -0.660. The number of anilines is 1. The SMILES string of the molecule is O=C(Nc1cccc(F)n1)C1=COCCO1. The first-order valence-electron chi connectivity index (χ1n) is 4.64. The Morgan fingerprint density at radius 3 is 3.00 bits per heavy atom. The Kier molecular flexibility index (Phi) is 3.00. The molecule has 84 valence electrons. The first kappa shape index (κ1) is 10.4. The monoisotopic (exact) mass is 224 g/mol. The van der Waals surface area contributed by atoms with E-state index in [-0.39, 0.29) is 11.6 Å². The Morgan fingerprint density at radius 1 is 1.44 bits per heavy atom. The van der Waals surface area contributed by atoms with Gasteiger partial charge in [0.25, 0.3) is 5.91 Å². The molecule has 0 spiro atoms. The largest absolute Gasteiger partial charge is 0.494 e. The third-order valence-electron chi connectivity index (χ3n) is 1.83. The van der Waals surface area contributed by atoms with Crippen molar-refractivity contribution in [1.82, 2.24) is 4.98 Å². The van der Waals surface area contributed by atoms with Gasteiger partial charge < -0.3 is 14.8 Å². The van der Waals surface area contributed by atoms with Crippen LogP contribution in [-0.4, -0.2) is 24.1 Å². The molecule has 0 aliphatic carbocycles. The van der Waals surface area contributed by atoms with E-state index >= 15 is 0 Å². The van der Waals surface area contributed by atoms with Crippen LogP contribution in [0.4, 0.5) is 10.2 Å². The number of hydrogen-bond acceptors (Lipinski definition) is 4. The van der Waals surface area contributed by atoms with E-state index in [1.54, 1.807) is 0 Å². The molecule has 1 N–H and O–H groups in total. The summed E-state index contributed by atoms with van der Waals surface area (Å²) in [6.07, 6.45) is 1.22. The van der Waals surface area contributed by atoms with Crippen molar-refractivity contribution in [2.45, 2.75) is 0 Å². The molecule has 2 rings (SSSR count). The average Bonchev–Trinajstić information content (AvgIpc) is 2.30. The summed E-state index contributed by atoms with van der Waals surface area (Å²) in [4.78, 5) is 15.0. The highest BCUT2D eigenvalue weighted by Gasteiger charge is 2.15. The van der Waals surface area contributed by atoms with Gasteiger partial charge in [-0.25, -0.2) is 4.98 Å². The van der Waals surface area contributed by atoms with Gasteiger partial charge in [-0.2, -0.15) is 4.39 Å². The van der Waals surface area contributed by atoms with Crippen LogP contribution in [0.2, 0.25) is 0 Å². The van der Waals surface area contributed by atoms with Gasteiger partial charge in [0.05, 0.1) is 0 Å². The van der Waals surface area contributed by atoms with Crippen molar-refractivity contribution in [2.75, 3.05) is 18.5 Å². The fourth-order valence-corrected chi connectivity index (χ4v) is 1.14. The number of carbonyl (C=O) groups is 1. The Hall–Kier alpha value is -2.11. The summed E-state index contributed by atoms with van der Waals surface area (Å²) in [6, 6.07) is 4.12. The first-order chi connectivity index (χ1) is 7.75. The van der Waals surface area contributed by atoms with Crippen LogP contribution in [0.1, 0.15) is 0 Å². The van der Waals surface area contributed by atoms with Gasteiger partial charge >= 0.3 is 0 Å². The van der Waals surface area contributed by atoms with Gasteiger partial charge in [-0.05, 0) is 12.1 Å². The van der Waals surface area contributed by atoms with Gasteiger partial charge in [-0.15, -0.1) is 0 Å². The lowest BCUT2D eigenvalue weighted by molar-refractivity contribution is -0.117. The number of pyridine rings is 1. The highest BCUT2D eigenvalue weighted by Crippen LogP contribution is 2.09. The second-order valence-electron chi connectivity index (χ2n) is 3.00. The van der Waals surface area contributed by atoms with E-state index in [1.807, 2.05) is 0 Å². The van der Waals surface area contributed by atoms with Crippen LogP contribution in [0.5, 0.6) is 0 Å². The summed E-state index contributed by atoms with van der Waals surface area (Å²) in [6.45, 7) is 0.727. The Bertz CT molecular complexity index is 434. The highest BCUT2D eigenvalue weighted by molar-refractivity contribution is 6.01. The predicted octanol–water partition coefficient (Wildman–Crippen LogP) is 1.05. The van der Waals surface area contributed by atoms with Crippen LogP contribution in [0.25, 0.3) is 0 Å². The maximum Gasteiger partial charge on any atom is 0.295 e. The van der Waals surface area contributed by atoms with Crippen LogP contribution < -0.4 is 5.32 Å². The number of ether oxygens (including phenoxy) is 2. The molecule has 0 saturated heterocycles. The molecule has 0 radical (unpaired) electrons. The van der Waals surface area contributed by atoms with Gasteiger partial charge in [0.15, 0.2) is 0 Å². The van der Waals surface area contributed by atoms with E-state index in [9.17, 15) is 9.18 Å². The summed E-state index contributed by atoms with van der Waals surface area (Å²) < 4.78 is 22.7. The lowest BCUT2D eigenvalue weighted by atomic mass is 10.4. The van der Waals surface area contributed by atoms with E-state index in [0.29, 0.717) is 13.2 Å². The van der Waals surface area contributed by atoms with Gasteiger partial charge in [0.1, 0.15) is 25.3 Å². The molecule has 5 nitrogen and oxygen atoms in total. The molecule has 1 aromatic rings. The topological polar surface area (TPSA) is 60.5 Å². The Labute approximate surface area is 90.9 Å². The summed E-state index contributed by atoms with van der Waals surface area (Å²) in [5.41, 5.74) is 0. The number of rotatable bonds is 2. The quantitative estimate of drug-likeness (QED) is 0.763. The molecule has 1 aromatic heterocycles. The molecule has 6 heteroatoms. The van der Waals surface area contributed by atoms with Crippen molar-refractivity contribution >= 4 is 11.7 Å². The number of nitrogens with zero attached hydrogens (tertiary/aromatic N) is 1. The average molecular weight is 224 g/mol. The lowest BCUT2D eigenvalue weighted by Crippen LogP contribution is -2.21. The summed E-state index contributed by atoms with van der Waals surface area (Å²) in [5.74, 6) is -0.997. The number of amides is 1. The Morgan fingerprint density at radius 2 is 2.31 bits per heavy atom. The minimum absolute atomic E-state index is 0.0531. The van der Waals surface area contributed by atoms with Crippen LogP contribution in [0.3, 0.4) is 0 Å². The van der Waals surface area contributed by atoms with Gasteiger partial charge in [0, 0.05) is 0 Å². The molecule has 1 amide bonds. The van der Waals surface area contributed by atoms with Crippen molar-refractivity contribution in [3.05, 3.63) is 36.2 Å². The molecule has 0 saturated carbocycles. The van der Waals surface area contributed by atoms with E-state index in [0.717, 1.165) is 0 Å². The number of halogens is 1. The number of carbonyl (C=O) groups excluding carboxylic acids is 1. The maximum absolute atomic E-state index is 12.7. The van der Waals surface area contributed by atoms with E-state index in [4.69, 9.17) is 9.47 Å². The molecule has 0 bridgehead atoms. The molecular weight excluding hydrogens is 215 g/mol. The van der Waals surface area contributed by atoms with Gasteiger partial charge in [-0.3, -0.25) is 4.79 Å². The van der Waals surface area contributed by atoms with Crippen LogP contribution >= 0.6 is 0 Å². The fourth-order valence-electron chi connectivity index (χ4n) is 1.14. The van der Waals surface area contributed by atoms with Crippen molar-refractivity contribution in [1.29, 1.82) is 0 Å². The first-order valence-corrected chi connectivity index (χ1v) is 4.64. The van der Waals surface area contributed by atoms with E-state index in [2.05, 4.69) is 10.3 Å². The second kappa shape index (κ2) is 4.61. The normalized spacial score (nSPS) is 14.4. The van der Waals surface area contributed by atoms with Gasteiger partial charge in [-0.1, -0.05) is 6.07 Å². The van der Waals surface area contributed by atoms with Crippen molar-refractivity contribution in [3.63, 3.8) is 0 Å². The molecule has 0 atom stereocenters. The smallest absolute Gasteiger partial charge is 0.295 e. The molecular formula is C10H9FN2O3. The molecule has 16 heavy (non-hydrogen) atoms. The standard InChI is InChI=1S/C10H9FN2O3/c11-8-2-1-3-9(12-8)13-10(14)7-6-15-4-5-16-7/h1-3,6H,4-5H2,(H,12,13,14). The Balaban J connectivity index is 2.04. The van der Waals surface area contributed by atoms with Gasteiger partial charge in [0.2, 0.25) is 11.7 Å². The third-order valence-corrected chi connectivity index (χ3v) is 1.83. The maximum atomic E-state index is 12.7. The zero-order valence-corrected chi connectivity index (χ0v) is 8.27. The minimum Gasteiger partial charge on any atom is -0.494 e. The molecule has 0 unspecified atom stereocenters. The summed E-state index contributed by atoms with van der Waals surface area (Å²) in [7, 11) is 0. The van der Waals surface area contributed by atoms with Crippen molar-refractivity contribution in [2.24, 2.45) is 0 Å². The fraction of sp³-hybridized carbons (Fsp3) is 0.200. The zero-order valence-electron chi connectivity index (χ0n) is 8.27. The van der Waals surface area contributed by atoms with E-state index in [1.165, 1.54) is 24.5 Å². The van der Waals surface area contributed by atoms with Crippen molar-refractivity contribution < 1.29 is 18.7 Å². The lowest BCUT2D eigenvalue weighted by Gasteiger charge is -2.14. The van der Waals surface area contributed by atoms with Crippen LogP contribution in [0.15, 0.2) is 30.2 Å². The summed E-state index contributed by atoms with van der Waals surface area (Å²) in [5, 5.41) is 2.39. The summed E-state index contributed by atoms with van der Waals surface area (Å²) >= 11 is 0. The molecule has 0 fully saturated rings. The molecule has 0 aromatic carbocycles.